The average molecular weight is 295 g/mol. The minimum Gasteiger partial charge on any atom is -0.361 e. The highest BCUT2D eigenvalue weighted by Gasteiger charge is 2.28. The van der Waals surface area contributed by atoms with Crippen LogP contribution in [0.25, 0.3) is 0 Å². The molecule has 0 radical (unpaired) electrons. The number of nitro groups is 1. The predicted molar refractivity (Wildman–Crippen MR) is 82.7 cm³/mol. The SMILES string of the molecule is CCCn1nc(C)c([N+](=O)[O-])c1NC1CCCN(CC)C1. The van der Waals surface area contributed by atoms with Gasteiger partial charge < -0.3 is 10.2 Å². The molecule has 1 N–H and O–H groups in total. The van der Waals surface area contributed by atoms with E-state index < -0.39 is 0 Å². The predicted octanol–water partition coefficient (Wildman–Crippen LogP) is 2.41. The van der Waals surface area contributed by atoms with Crippen LogP contribution in [0.1, 0.15) is 38.8 Å². The summed E-state index contributed by atoms with van der Waals surface area (Å²) in [7, 11) is 0. The van der Waals surface area contributed by atoms with Crippen LogP contribution in [0.3, 0.4) is 0 Å². The number of likely N-dealkylation sites (tertiary alicyclic amines) is 1. The maximum absolute atomic E-state index is 11.3. The zero-order valence-corrected chi connectivity index (χ0v) is 13.1. The number of hydrogen-bond acceptors (Lipinski definition) is 5. The lowest BCUT2D eigenvalue weighted by molar-refractivity contribution is -0.384. The molecule has 0 aromatic carbocycles. The molecule has 7 heteroatoms. The molecule has 1 atom stereocenters. The van der Waals surface area contributed by atoms with Crippen LogP contribution in [-0.4, -0.2) is 45.3 Å². The van der Waals surface area contributed by atoms with Gasteiger partial charge in [0.25, 0.3) is 0 Å². The van der Waals surface area contributed by atoms with Crippen molar-refractivity contribution in [2.24, 2.45) is 0 Å². The molecule has 1 saturated heterocycles. The zero-order chi connectivity index (χ0) is 15.4. The highest BCUT2D eigenvalue weighted by Crippen LogP contribution is 2.30. The molecule has 1 aliphatic rings. The zero-order valence-electron chi connectivity index (χ0n) is 13.1. The first-order valence-electron chi connectivity index (χ1n) is 7.77. The van der Waals surface area contributed by atoms with Crippen molar-refractivity contribution in [1.82, 2.24) is 14.7 Å². The van der Waals surface area contributed by atoms with E-state index in [0.717, 1.165) is 38.9 Å². The fourth-order valence-corrected chi connectivity index (χ4v) is 2.96. The van der Waals surface area contributed by atoms with Gasteiger partial charge in [-0.15, -0.1) is 0 Å². The summed E-state index contributed by atoms with van der Waals surface area (Å²) in [6, 6.07) is 0.254. The Morgan fingerprint density at radius 2 is 2.24 bits per heavy atom. The molecule has 1 fully saturated rings. The molecule has 0 spiro atoms. The van der Waals surface area contributed by atoms with Crippen molar-refractivity contribution in [1.29, 1.82) is 0 Å². The van der Waals surface area contributed by atoms with Crippen LogP contribution in [-0.2, 0) is 6.54 Å². The molecule has 1 aliphatic heterocycles. The fourth-order valence-electron chi connectivity index (χ4n) is 2.96. The van der Waals surface area contributed by atoms with Crippen molar-refractivity contribution in [3.63, 3.8) is 0 Å². The Morgan fingerprint density at radius 3 is 2.86 bits per heavy atom. The third-order valence-electron chi connectivity index (χ3n) is 4.01. The minimum absolute atomic E-state index is 0.122. The molecule has 2 heterocycles. The molecule has 1 aromatic rings. The molecule has 0 aliphatic carbocycles. The standard InChI is InChI=1S/C14H25N5O2/c1-4-8-18-14(13(19(20)21)11(3)16-18)15-12-7-6-9-17(5-2)10-12/h12,15H,4-10H2,1-3H3. The number of aromatic nitrogens is 2. The van der Waals surface area contributed by atoms with Crippen LogP contribution < -0.4 is 5.32 Å². The van der Waals surface area contributed by atoms with Gasteiger partial charge in [0, 0.05) is 19.1 Å². The maximum Gasteiger partial charge on any atom is 0.333 e. The maximum atomic E-state index is 11.3. The van der Waals surface area contributed by atoms with Gasteiger partial charge in [-0.2, -0.15) is 5.10 Å². The lowest BCUT2D eigenvalue weighted by Gasteiger charge is -2.32. The molecule has 1 aromatic heterocycles. The summed E-state index contributed by atoms with van der Waals surface area (Å²) in [6.07, 6.45) is 3.07. The Balaban J connectivity index is 2.22. The molecule has 118 valence electrons. The van der Waals surface area contributed by atoms with Crippen molar-refractivity contribution in [3.8, 4) is 0 Å². The second kappa shape index (κ2) is 6.89. The van der Waals surface area contributed by atoms with Gasteiger partial charge in [0.15, 0.2) is 0 Å². The second-order valence-electron chi connectivity index (χ2n) is 5.64. The van der Waals surface area contributed by atoms with Gasteiger partial charge in [0.05, 0.1) is 4.92 Å². The molecular formula is C14H25N5O2. The van der Waals surface area contributed by atoms with E-state index in [1.807, 2.05) is 6.92 Å². The van der Waals surface area contributed by atoms with E-state index in [1.165, 1.54) is 0 Å². The summed E-state index contributed by atoms with van der Waals surface area (Å²) in [4.78, 5) is 13.4. The molecular weight excluding hydrogens is 270 g/mol. The van der Waals surface area contributed by atoms with Gasteiger partial charge in [-0.1, -0.05) is 13.8 Å². The van der Waals surface area contributed by atoms with Crippen LogP contribution >= 0.6 is 0 Å². The molecule has 0 saturated carbocycles. The van der Waals surface area contributed by atoms with Gasteiger partial charge >= 0.3 is 5.69 Å². The Kier molecular flexibility index (Phi) is 5.17. The number of nitrogens with one attached hydrogen (secondary N) is 1. The summed E-state index contributed by atoms with van der Waals surface area (Å²) in [5.41, 5.74) is 0.608. The van der Waals surface area contributed by atoms with Crippen molar-refractivity contribution < 1.29 is 4.92 Å². The monoisotopic (exact) mass is 295 g/mol. The first-order chi connectivity index (χ1) is 10.1. The van der Waals surface area contributed by atoms with Crippen LogP contribution in [0.5, 0.6) is 0 Å². The minimum atomic E-state index is -0.322. The van der Waals surface area contributed by atoms with Gasteiger partial charge in [0.2, 0.25) is 5.82 Å². The van der Waals surface area contributed by atoms with Crippen molar-refractivity contribution >= 4 is 11.5 Å². The topological polar surface area (TPSA) is 76.2 Å². The van der Waals surface area contributed by atoms with Crippen LogP contribution in [0, 0.1) is 17.0 Å². The molecule has 1 unspecified atom stereocenters. The Morgan fingerprint density at radius 1 is 1.48 bits per heavy atom. The first kappa shape index (κ1) is 15.8. The number of rotatable bonds is 6. The molecule has 7 nitrogen and oxygen atoms in total. The van der Waals surface area contributed by atoms with Crippen molar-refractivity contribution in [2.75, 3.05) is 25.0 Å². The lowest BCUT2D eigenvalue weighted by Crippen LogP contribution is -2.42. The first-order valence-corrected chi connectivity index (χ1v) is 7.77. The van der Waals surface area contributed by atoms with Crippen LogP contribution in [0.2, 0.25) is 0 Å². The quantitative estimate of drug-likeness (QED) is 0.644. The summed E-state index contributed by atoms with van der Waals surface area (Å²) in [6.45, 7) is 9.67. The summed E-state index contributed by atoms with van der Waals surface area (Å²) in [5.74, 6) is 0.572. The van der Waals surface area contributed by atoms with Crippen LogP contribution in [0.4, 0.5) is 11.5 Å². The van der Waals surface area contributed by atoms with E-state index in [-0.39, 0.29) is 16.7 Å². The van der Waals surface area contributed by atoms with E-state index in [1.54, 1.807) is 11.6 Å². The van der Waals surface area contributed by atoms with E-state index in [9.17, 15) is 10.1 Å². The summed E-state index contributed by atoms with van der Waals surface area (Å²) >= 11 is 0. The number of piperidine rings is 1. The summed E-state index contributed by atoms with van der Waals surface area (Å²) in [5, 5.41) is 19.0. The number of hydrogen-bond donors (Lipinski definition) is 1. The van der Waals surface area contributed by atoms with Gasteiger partial charge in [-0.05, 0) is 39.3 Å². The fraction of sp³-hybridized carbons (Fsp3) is 0.786. The van der Waals surface area contributed by atoms with Crippen molar-refractivity contribution in [2.45, 2.75) is 52.6 Å². The molecule has 0 bridgehead atoms. The third-order valence-corrected chi connectivity index (χ3v) is 4.01. The van der Waals surface area contributed by atoms with E-state index >= 15 is 0 Å². The van der Waals surface area contributed by atoms with E-state index in [2.05, 4.69) is 22.2 Å². The Labute approximate surface area is 125 Å². The Bertz CT molecular complexity index is 500. The second-order valence-corrected chi connectivity index (χ2v) is 5.64. The van der Waals surface area contributed by atoms with Gasteiger partial charge in [-0.3, -0.25) is 10.1 Å². The third kappa shape index (κ3) is 3.53. The highest BCUT2D eigenvalue weighted by atomic mass is 16.6. The number of anilines is 1. The number of nitrogens with zero attached hydrogens (tertiary/aromatic N) is 4. The largest absolute Gasteiger partial charge is 0.361 e. The average Bonchev–Trinajstić information content (AvgIpc) is 2.75. The van der Waals surface area contributed by atoms with Gasteiger partial charge in [-0.25, -0.2) is 4.68 Å². The molecule has 21 heavy (non-hydrogen) atoms. The molecule has 2 rings (SSSR count). The normalized spacial score (nSPS) is 19.7. The summed E-state index contributed by atoms with van der Waals surface area (Å²) < 4.78 is 1.75. The molecule has 0 amide bonds. The Hall–Kier alpha value is -1.63. The van der Waals surface area contributed by atoms with Crippen LogP contribution in [0.15, 0.2) is 0 Å². The highest BCUT2D eigenvalue weighted by molar-refractivity contribution is 5.60. The van der Waals surface area contributed by atoms with Crippen molar-refractivity contribution in [3.05, 3.63) is 15.8 Å². The lowest BCUT2D eigenvalue weighted by atomic mass is 10.1. The smallest absolute Gasteiger partial charge is 0.333 e. The van der Waals surface area contributed by atoms with E-state index in [0.29, 0.717) is 18.1 Å². The number of aryl methyl sites for hydroxylation is 2. The number of likely N-dealkylation sites (N-methyl/N-ethyl adjacent to an activating group) is 1. The van der Waals surface area contributed by atoms with E-state index in [4.69, 9.17) is 0 Å². The van der Waals surface area contributed by atoms with Gasteiger partial charge in [0.1, 0.15) is 5.69 Å².